The molecule has 1 saturated heterocycles. The first kappa shape index (κ1) is 13.4. The van der Waals surface area contributed by atoms with Crippen molar-refractivity contribution in [2.45, 2.75) is 19.4 Å². The van der Waals surface area contributed by atoms with Crippen molar-refractivity contribution in [2.75, 3.05) is 25.6 Å². The van der Waals surface area contributed by atoms with E-state index in [1.807, 2.05) is 0 Å². The number of hydrogen-bond donors (Lipinski definition) is 3. The number of ether oxygens (including phenoxy) is 1. The molecule has 1 aliphatic heterocycles. The zero-order chi connectivity index (χ0) is 14.0. The van der Waals surface area contributed by atoms with Gasteiger partial charge in [0.15, 0.2) is 0 Å². The summed E-state index contributed by atoms with van der Waals surface area (Å²) in [6.45, 7) is 2.89. The van der Waals surface area contributed by atoms with Crippen molar-refractivity contribution in [2.24, 2.45) is 0 Å². The van der Waals surface area contributed by atoms with Gasteiger partial charge in [-0.05, 0) is 19.4 Å². The van der Waals surface area contributed by atoms with E-state index in [-0.39, 0.29) is 23.5 Å². The lowest BCUT2D eigenvalue weighted by Gasteiger charge is -2.23. The molecule has 0 bridgehead atoms. The molecule has 0 radical (unpaired) electrons. The van der Waals surface area contributed by atoms with E-state index < -0.39 is 5.97 Å². The first-order chi connectivity index (χ1) is 8.99. The highest BCUT2D eigenvalue weighted by Gasteiger charge is 2.25. The summed E-state index contributed by atoms with van der Waals surface area (Å²) < 4.78 is 5.22. The minimum atomic E-state index is -1.10. The minimum absolute atomic E-state index is 0.0121. The number of amides is 2. The summed E-state index contributed by atoms with van der Waals surface area (Å²) in [7, 11) is 1.68. The number of aromatic carboxylic acids is 1. The van der Waals surface area contributed by atoms with Crippen molar-refractivity contribution >= 4 is 17.7 Å². The molecule has 1 fully saturated rings. The molecule has 1 aliphatic rings. The SMILES string of the molecule is Cc1cc(NC(=O)N(C)C2CCOC2)c(C(=O)O)[nH]1. The maximum atomic E-state index is 12.0. The smallest absolute Gasteiger partial charge is 0.354 e. The lowest BCUT2D eigenvalue weighted by atomic mass is 10.2. The Labute approximate surface area is 110 Å². The summed E-state index contributed by atoms with van der Waals surface area (Å²) in [6.07, 6.45) is 0.794. The van der Waals surface area contributed by atoms with Crippen molar-refractivity contribution in [3.63, 3.8) is 0 Å². The van der Waals surface area contributed by atoms with Gasteiger partial charge in [0.2, 0.25) is 0 Å². The van der Waals surface area contributed by atoms with Crippen LogP contribution in [-0.2, 0) is 4.74 Å². The van der Waals surface area contributed by atoms with E-state index in [4.69, 9.17) is 9.84 Å². The summed E-state index contributed by atoms with van der Waals surface area (Å²) in [5, 5.41) is 11.6. The Kier molecular flexibility index (Phi) is 3.75. The summed E-state index contributed by atoms with van der Waals surface area (Å²) >= 11 is 0. The second-order valence-corrected chi connectivity index (χ2v) is 4.60. The van der Waals surface area contributed by atoms with E-state index >= 15 is 0 Å². The van der Waals surface area contributed by atoms with Crippen LogP contribution in [0.1, 0.15) is 22.6 Å². The molecular weight excluding hydrogens is 250 g/mol. The number of carbonyl (C=O) groups is 2. The fourth-order valence-electron chi connectivity index (χ4n) is 2.05. The second-order valence-electron chi connectivity index (χ2n) is 4.60. The van der Waals surface area contributed by atoms with Crippen LogP contribution in [0.25, 0.3) is 0 Å². The van der Waals surface area contributed by atoms with E-state index in [0.29, 0.717) is 18.9 Å². The first-order valence-corrected chi connectivity index (χ1v) is 6.03. The second kappa shape index (κ2) is 5.31. The molecule has 1 atom stereocenters. The van der Waals surface area contributed by atoms with Crippen molar-refractivity contribution in [1.82, 2.24) is 9.88 Å². The molecular formula is C12H17N3O4. The van der Waals surface area contributed by atoms with Gasteiger partial charge in [-0.3, -0.25) is 0 Å². The predicted molar refractivity (Wildman–Crippen MR) is 68.5 cm³/mol. The van der Waals surface area contributed by atoms with Crippen LogP contribution in [0.4, 0.5) is 10.5 Å². The van der Waals surface area contributed by atoms with Crippen LogP contribution < -0.4 is 5.32 Å². The third kappa shape index (κ3) is 2.87. The number of nitrogens with one attached hydrogen (secondary N) is 2. The predicted octanol–water partition coefficient (Wildman–Crippen LogP) is 1.27. The average molecular weight is 267 g/mol. The lowest BCUT2D eigenvalue weighted by Crippen LogP contribution is -2.40. The molecule has 1 aromatic heterocycles. The molecule has 104 valence electrons. The zero-order valence-electron chi connectivity index (χ0n) is 10.9. The highest BCUT2D eigenvalue weighted by molar-refractivity contribution is 5.99. The summed E-state index contributed by atoms with van der Waals surface area (Å²) in [4.78, 5) is 27.3. The van der Waals surface area contributed by atoms with Crippen LogP contribution in [0.5, 0.6) is 0 Å². The number of likely N-dealkylation sites (N-methyl/N-ethyl adjacent to an activating group) is 1. The quantitative estimate of drug-likeness (QED) is 0.768. The number of hydrogen-bond acceptors (Lipinski definition) is 3. The van der Waals surface area contributed by atoms with Gasteiger partial charge in [0.1, 0.15) is 5.69 Å². The Morgan fingerprint density at radius 3 is 2.89 bits per heavy atom. The van der Waals surface area contributed by atoms with Crippen molar-refractivity contribution in [1.29, 1.82) is 0 Å². The van der Waals surface area contributed by atoms with Crippen LogP contribution in [0, 0.1) is 6.92 Å². The number of urea groups is 1. The Balaban J connectivity index is 2.07. The van der Waals surface area contributed by atoms with Crippen LogP contribution in [0.15, 0.2) is 6.07 Å². The number of rotatable bonds is 3. The van der Waals surface area contributed by atoms with Crippen LogP contribution in [0.3, 0.4) is 0 Å². The van der Waals surface area contributed by atoms with Gasteiger partial charge < -0.3 is 25.0 Å². The molecule has 1 unspecified atom stereocenters. The fraction of sp³-hybridized carbons (Fsp3) is 0.500. The molecule has 19 heavy (non-hydrogen) atoms. The molecule has 2 amide bonds. The fourth-order valence-corrected chi connectivity index (χ4v) is 2.05. The highest BCUT2D eigenvalue weighted by Crippen LogP contribution is 2.18. The molecule has 7 heteroatoms. The summed E-state index contributed by atoms with van der Waals surface area (Å²) in [5.74, 6) is -1.10. The van der Waals surface area contributed by atoms with E-state index in [1.54, 1.807) is 24.9 Å². The monoisotopic (exact) mass is 267 g/mol. The van der Waals surface area contributed by atoms with Gasteiger partial charge in [0.25, 0.3) is 0 Å². The van der Waals surface area contributed by atoms with Crippen molar-refractivity contribution in [3.05, 3.63) is 17.5 Å². The molecule has 1 aromatic rings. The largest absolute Gasteiger partial charge is 0.477 e. The number of aromatic nitrogens is 1. The number of H-pyrrole nitrogens is 1. The topological polar surface area (TPSA) is 94.7 Å². The number of aromatic amines is 1. The van der Waals surface area contributed by atoms with E-state index in [1.165, 1.54) is 0 Å². The van der Waals surface area contributed by atoms with Crippen LogP contribution in [-0.4, -0.2) is 53.3 Å². The minimum Gasteiger partial charge on any atom is -0.477 e. The third-order valence-electron chi connectivity index (χ3n) is 3.18. The van der Waals surface area contributed by atoms with Crippen molar-refractivity contribution in [3.8, 4) is 0 Å². The van der Waals surface area contributed by atoms with Gasteiger partial charge >= 0.3 is 12.0 Å². The number of carboxylic acid groups (broad SMARTS) is 1. The molecule has 7 nitrogen and oxygen atoms in total. The van der Waals surface area contributed by atoms with Crippen molar-refractivity contribution < 1.29 is 19.4 Å². The Morgan fingerprint density at radius 2 is 2.32 bits per heavy atom. The van der Waals surface area contributed by atoms with Gasteiger partial charge in [-0.25, -0.2) is 9.59 Å². The number of carboxylic acids is 1. The van der Waals surface area contributed by atoms with E-state index in [9.17, 15) is 9.59 Å². The number of nitrogens with zero attached hydrogens (tertiary/aromatic N) is 1. The van der Waals surface area contributed by atoms with Gasteiger partial charge in [0, 0.05) is 19.3 Å². The molecule has 0 spiro atoms. The molecule has 2 rings (SSSR count). The molecule has 0 aromatic carbocycles. The standard InChI is InChI=1S/C12H17N3O4/c1-7-5-9(10(13-7)11(16)17)14-12(18)15(2)8-3-4-19-6-8/h5,8,13H,3-4,6H2,1-2H3,(H,14,18)(H,16,17). The number of aryl methyl sites for hydroxylation is 1. The van der Waals surface area contributed by atoms with Crippen LogP contribution in [0.2, 0.25) is 0 Å². The number of carbonyl (C=O) groups excluding carboxylic acids is 1. The van der Waals surface area contributed by atoms with Gasteiger partial charge in [-0.1, -0.05) is 0 Å². The molecule has 2 heterocycles. The Morgan fingerprint density at radius 1 is 1.58 bits per heavy atom. The van der Waals surface area contributed by atoms with Crippen LogP contribution >= 0.6 is 0 Å². The maximum absolute atomic E-state index is 12.0. The van der Waals surface area contributed by atoms with E-state index in [2.05, 4.69) is 10.3 Å². The molecule has 0 aliphatic carbocycles. The van der Waals surface area contributed by atoms with Gasteiger partial charge in [-0.2, -0.15) is 0 Å². The van der Waals surface area contributed by atoms with Gasteiger partial charge in [0.05, 0.1) is 18.3 Å². The third-order valence-corrected chi connectivity index (χ3v) is 3.18. The van der Waals surface area contributed by atoms with E-state index in [0.717, 1.165) is 6.42 Å². The highest BCUT2D eigenvalue weighted by atomic mass is 16.5. The van der Waals surface area contributed by atoms with Gasteiger partial charge in [-0.15, -0.1) is 0 Å². The summed E-state index contributed by atoms with van der Waals surface area (Å²) in [5.41, 5.74) is 0.947. The molecule has 3 N–H and O–H groups in total. The Bertz CT molecular complexity index is 491. The normalized spacial score (nSPS) is 18.3. The molecule has 0 saturated carbocycles. The Hall–Kier alpha value is -2.02. The zero-order valence-corrected chi connectivity index (χ0v) is 10.9. The lowest BCUT2D eigenvalue weighted by molar-refractivity contribution is 0.0692. The summed E-state index contributed by atoms with van der Waals surface area (Å²) in [6, 6.07) is 1.30. The maximum Gasteiger partial charge on any atom is 0.354 e. The number of anilines is 1. The first-order valence-electron chi connectivity index (χ1n) is 6.03. The average Bonchev–Trinajstić information content (AvgIpc) is 2.97.